The van der Waals surface area contributed by atoms with Gasteiger partial charge in [0.2, 0.25) is 0 Å². The van der Waals surface area contributed by atoms with Crippen LogP contribution in [0.15, 0.2) is 122 Å². The molecule has 0 amide bonds. The molecule has 0 saturated heterocycles. The number of aryl methyl sites for hydroxylation is 6. The molecule has 1 unspecified atom stereocenters. The molecule has 1 aliphatic heterocycles. The van der Waals surface area contributed by atoms with Crippen molar-refractivity contribution < 1.29 is 0 Å². The highest BCUT2D eigenvalue weighted by Gasteiger charge is 2.23. The largest absolute Gasteiger partial charge is 0.388 e. The quantitative estimate of drug-likeness (QED) is 0.132. The lowest BCUT2D eigenvalue weighted by Crippen LogP contribution is -2.41. The molecule has 50 heavy (non-hydrogen) atoms. The zero-order valence-corrected chi connectivity index (χ0v) is 32.0. The fraction of sp³-hybridized carbons (Fsp3) is 0.362. The lowest BCUT2D eigenvalue weighted by atomic mass is 9.93. The molecule has 3 nitrogen and oxygen atoms in total. The van der Waals surface area contributed by atoms with Crippen molar-refractivity contribution in [1.29, 1.82) is 0 Å². The van der Waals surface area contributed by atoms with Gasteiger partial charge in [-0.25, -0.2) is 0 Å². The van der Waals surface area contributed by atoms with Crippen molar-refractivity contribution in [2.45, 2.75) is 93.0 Å². The Bertz CT molecular complexity index is 1720. The van der Waals surface area contributed by atoms with Crippen LogP contribution in [-0.2, 0) is 25.7 Å². The standard InChI is InChI=1S/C37H47N3.C10H14/c1-26-21-27(2)35(28(3)22-26)18-17-30(5)38-25-29(4)36(24-33-13-9-8-10-14-33)39-31(6)19-20-40-32(7)23-34-15-11-12-16-37(34)40;1-4-10-6-5-8(2)7-9(10)3/h8-16,21-22,29,36,38-39H,5-7,17-20,23-25H2,1-4H3;5-7H,4H2,1-3H3/t29?,36-;/m0./s1. The van der Waals surface area contributed by atoms with Crippen molar-refractivity contribution in [1.82, 2.24) is 10.6 Å². The van der Waals surface area contributed by atoms with E-state index in [0.717, 1.165) is 63.0 Å². The first kappa shape index (κ1) is 38.3. The van der Waals surface area contributed by atoms with Gasteiger partial charge in [0.15, 0.2) is 0 Å². The van der Waals surface area contributed by atoms with Gasteiger partial charge < -0.3 is 15.5 Å². The number of nitrogens with zero attached hydrogens (tertiary/aromatic N) is 1. The van der Waals surface area contributed by atoms with Crippen LogP contribution in [-0.4, -0.2) is 19.1 Å². The van der Waals surface area contributed by atoms with E-state index in [1.165, 1.54) is 61.5 Å². The van der Waals surface area contributed by atoms with Gasteiger partial charge in [-0.2, -0.15) is 0 Å². The highest BCUT2D eigenvalue weighted by molar-refractivity contribution is 5.64. The van der Waals surface area contributed by atoms with Crippen LogP contribution >= 0.6 is 0 Å². The van der Waals surface area contributed by atoms with Crippen LogP contribution in [0.5, 0.6) is 0 Å². The zero-order chi connectivity index (χ0) is 36.2. The molecule has 0 fully saturated rings. The molecule has 0 spiro atoms. The van der Waals surface area contributed by atoms with E-state index in [9.17, 15) is 0 Å². The van der Waals surface area contributed by atoms with E-state index in [1.54, 1.807) is 0 Å². The Labute approximate surface area is 304 Å². The van der Waals surface area contributed by atoms with E-state index in [2.05, 4.69) is 169 Å². The summed E-state index contributed by atoms with van der Waals surface area (Å²) in [6.07, 6.45) is 5.87. The molecule has 2 atom stereocenters. The molecule has 4 aromatic rings. The summed E-state index contributed by atoms with van der Waals surface area (Å²) in [6.45, 7) is 30.3. The van der Waals surface area contributed by atoms with Crippen molar-refractivity contribution in [3.05, 3.63) is 172 Å². The summed E-state index contributed by atoms with van der Waals surface area (Å²) in [5.41, 5.74) is 17.1. The predicted octanol–water partition coefficient (Wildman–Crippen LogP) is 10.8. The van der Waals surface area contributed by atoms with E-state index in [1.807, 2.05) is 0 Å². The summed E-state index contributed by atoms with van der Waals surface area (Å²) >= 11 is 0. The number of anilines is 1. The molecule has 0 aromatic heterocycles. The minimum absolute atomic E-state index is 0.269. The number of allylic oxidation sites excluding steroid dienone is 2. The highest BCUT2D eigenvalue weighted by atomic mass is 15.2. The summed E-state index contributed by atoms with van der Waals surface area (Å²) in [5, 5.41) is 7.46. The van der Waals surface area contributed by atoms with Crippen LogP contribution in [0.3, 0.4) is 0 Å². The van der Waals surface area contributed by atoms with Crippen molar-refractivity contribution in [3.63, 3.8) is 0 Å². The van der Waals surface area contributed by atoms with Crippen LogP contribution in [0.2, 0.25) is 0 Å². The molecular formula is C47H61N3. The summed E-state index contributed by atoms with van der Waals surface area (Å²) in [6, 6.07) is 30.8. The fourth-order valence-electron chi connectivity index (χ4n) is 7.19. The summed E-state index contributed by atoms with van der Waals surface area (Å²) in [7, 11) is 0. The highest BCUT2D eigenvalue weighted by Crippen LogP contribution is 2.33. The third-order valence-electron chi connectivity index (χ3n) is 10.1. The Morgan fingerprint density at radius 2 is 1.44 bits per heavy atom. The van der Waals surface area contributed by atoms with E-state index < -0.39 is 0 Å². The molecule has 1 heterocycles. The van der Waals surface area contributed by atoms with Crippen LogP contribution in [0.1, 0.15) is 76.8 Å². The SMILES string of the molecule is C=C(CCc1c(C)cc(C)cc1C)NCC(C)[C@H](Cc1ccccc1)NC(=C)CCN1C(=C)Cc2ccccc21.CCc1ccc(C)cc1C. The Hall–Kier alpha value is -4.50. The molecule has 4 aromatic carbocycles. The number of hydrogen-bond donors (Lipinski definition) is 2. The summed E-state index contributed by atoms with van der Waals surface area (Å²) in [4.78, 5) is 2.35. The van der Waals surface area contributed by atoms with Gasteiger partial charge in [0.25, 0.3) is 0 Å². The van der Waals surface area contributed by atoms with E-state index in [-0.39, 0.29) is 6.04 Å². The number of rotatable bonds is 15. The number of nitrogens with one attached hydrogen (secondary N) is 2. The van der Waals surface area contributed by atoms with Crippen molar-refractivity contribution >= 4 is 5.69 Å². The number of benzene rings is 4. The molecule has 0 radical (unpaired) electrons. The second-order valence-corrected chi connectivity index (χ2v) is 14.4. The minimum atomic E-state index is 0.269. The second-order valence-electron chi connectivity index (χ2n) is 14.4. The topological polar surface area (TPSA) is 27.3 Å². The first-order valence-electron chi connectivity index (χ1n) is 18.5. The Morgan fingerprint density at radius 3 is 2.12 bits per heavy atom. The zero-order valence-electron chi connectivity index (χ0n) is 32.0. The van der Waals surface area contributed by atoms with Crippen molar-refractivity contribution in [3.8, 4) is 0 Å². The molecule has 3 heteroatoms. The van der Waals surface area contributed by atoms with Crippen LogP contribution in [0.25, 0.3) is 0 Å². The van der Waals surface area contributed by atoms with Crippen LogP contribution in [0, 0.1) is 40.5 Å². The van der Waals surface area contributed by atoms with Crippen molar-refractivity contribution in [2.75, 3.05) is 18.0 Å². The van der Waals surface area contributed by atoms with E-state index in [4.69, 9.17) is 0 Å². The Kier molecular flexibility index (Phi) is 14.2. The van der Waals surface area contributed by atoms with Gasteiger partial charge in [0.1, 0.15) is 0 Å². The molecule has 0 saturated carbocycles. The normalized spacial score (nSPS) is 13.2. The second kappa shape index (κ2) is 18.5. The molecular weight excluding hydrogens is 607 g/mol. The van der Waals surface area contributed by atoms with E-state index >= 15 is 0 Å². The smallest absolute Gasteiger partial charge is 0.0444 e. The van der Waals surface area contributed by atoms with Gasteiger partial charge in [-0.05, 0) is 111 Å². The third-order valence-corrected chi connectivity index (χ3v) is 10.1. The average molecular weight is 668 g/mol. The molecule has 2 N–H and O–H groups in total. The van der Waals surface area contributed by atoms with Gasteiger partial charge in [0, 0.05) is 54.8 Å². The predicted molar refractivity (Wildman–Crippen MR) is 218 cm³/mol. The lowest BCUT2D eigenvalue weighted by molar-refractivity contribution is 0.384. The Balaban J connectivity index is 0.000000482. The fourth-order valence-corrected chi connectivity index (χ4v) is 7.19. The van der Waals surface area contributed by atoms with E-state index in [0.29, 0.717) is 5.92 Å². The molecule has 1 aliphatic rings. The monoisotopic (exact) mass is 667 g/mol. The summed E-state index contributed by atoms with van der Waals surface area (Å²) < 4.78 is 0. The molecule has 0 aliphatic carbocycles. The van der Waals surface area contributed by atoms with Gasteiger partial charge in [-0.1, -0.05) is 124 Å². The van der Waals surface area contributed by atoms with Crippen LogP contribution in [0.4, 0.5) is 5.69 Å². The minimum Gasteiger partial charge on any atom is -0.388 e. The maximum atomic E-state index is 4.44. The average Bonchev–Trinajstić information content (AvgIpc) is 3.40. The first-order valence-corrected chi connectivity index (χ1v) is 18.5. The lowest BCUT2D eigenvalue weighted by Gasteiger charge is -2.29. The number of para-hydroxylation sites is 1. The van der Waals surface area contributed by atoms with Gasteiger partial charge >= 0.3 is 0 Å². The third kappa shape index (κ3) is 11.0. The Morgan fingerprint density at radius 1 is 0.780 bits per heavy atom. The van der Waals surface area contributed by atoms with Crippen LogP contribution < -0.4 is 15.5 Å². The summed E-state index contributed by atoms with van der Waals surface area (Å²) in [5.74, 6) is 0.388. The maximum Gasteiger partial charge on any atom is 0.0444 e. The first-order chi connectivity index (χ1) is 23.9. The molecule has 0 bridgehead atoms. The number of fused-ring (bicyclic) bond motifs is 1. The van der Waals surface area contributed by atoms with Gasteiger partial charge in [-0.3, -0.25) is 0 Å². The van der Waals surface area contributed by atoms with Gasteiger partial charge in [-0.15, -0.1) is 0 Å². The van der Waals surface area contributed by atoms with Gasteiger partial charge in [0.05, 0.1) is 0 Å². The maximum absolute atomic E-state index is 4.44. The molecule has 264 valence electrons. The molecule has 5 rings (SSSR count). The number of hydrogen-bond acceptors (Lipinski definition) is 3. The van der Waals surface area contributed by atoms with Crippen molar-refractivity contribution in [2.24, 2.45) is 5.92 Å².